The Kier molecular flexibility index (Phi) is 10.4. The molecule has 1 heterocycles. The fourth-order valence-electron chi connectivity index (χ4n) is 4.98. The number of hydrogen-bond donors (Lipinski definition) is 1. The Morgan fingerprint density at radius 2 is 1.82 bits per heavy atom. The molecule has 1 fully saturated rings. The van der Waals surface area contributed by atoms with E-state index < -0.39 is 29.8 Å². The molecule has 6 nitrogen and oxygen atoms in total. The molecule has 1 N–H and O–H groups in total. The van der Waals surface area contributed by atoms with Gasteiger partial charge in [-0.1, -0.05) is 73.1 Å². The molecule has 9 heteroatoms. The van der Waals surface area contributed by atoms with E-state index in [4.69, 9.17) is 16.6 Å². The third kappa shape index (κ3) is 6.94. The summed E-state index contributed by atoms with van der Waals surface area (Å²) in [6.45, 7) is 5.51. The number of aliphatic carboxylic acids is 1. The minimum atomic E-state index is -1.12. The molecule has 0 radical (unpaired) electrons. The predicted octanol–water partition coefficient (Wildman–Crippen LogP) is 6.94. The quantitative estimate of drug-likeness (QED) is 0.215. The number of rotatable bonds is 9. The van der Waals surface area contributed by atoms with Gasteiger partial charge in [0, 0.05) is 32.6 Å². The van der Waals surface area contributed by atoms with Crippen LogP contribution in [-0.4, -0.2) is 46.2 Å². The fourth-order valence-corrected chi connectivity index (χ4v) is 5.15. The van der Waals surface area contributed by atoms with E-state index in [9.17, 15) is 19.1 Å². The average Bonchev–Trinajstić information content (AvgIpc) is 3.30. The minimum absolute atomic E-state index is 0. The molecule has 0 aliphatic carbocycles. The number of likely N-dealkylation sites (N-methyl/N-ethyl adjacent to an activating group) is 1. The van der Waals surface area contributed by atoms with Gasteiger partial charge in [-0.2, -0.15) is 0 Å². The van der Waals surface area contributed by atoms with Gasteiger partial charge in [0.15, 0.2) is 0 Å². The van der Waals surface area contributed by atoms with Crippen molar-refractivity contribution in [2.75, 3.05) is 13.1 Å². The van der Waals surface area contributed by atoms with E-state index in [-0.39, 0.29) is 28.0 Å². The van der Waals surface area contributed by atoms with Crippen LogP contribution in [0.3, 0.4) is 0 Å². The van der Waals surface area contributed by atoms with Gasteiger partial charge in [-0.05, 0) is 56.6 Å². The summed E-state index contributed by atoms with van der Waals surface area (Å²) in [6, 6.07) is 19.1. The number of hydrogen-bond acceptors (Lipinski definition) is 4. The molecule has 2 atom stereocenters. The number of carboxylic acids is 1. The van der Waals surface area contributed by atoms with Gasteiger partial charge in [-0.25, -0.2) is 4.39 Å². The Hall–Kier alpha value is -3.06. The molecular formula is C30H30ClFN3NiO3-. The third-order valence-electron chi connectivity index (χ3n) is 7.03. The maximum absolute atomic E-state index is 14.8. The van der Waals surface area contributed by atoms with Crippen molar-refractivity contribution in [2.45, 2.75) is 44.7 Å². The first-order valence-corrected chi connectivity index (χ1v) is 13.0. The van der Waals surface area contributed by atoms with Crippen molar-refractivity contribution in [3.05, 3.63) is 106 Å². The molecule has 4 rings (SSSR count). The first-order chi connectivity index (χ1) is 18.2. The van der Waals surface area contributed by atoms with Gasteiger partial charge >= 0.3 is 5.97 Å². The molecule has 0 unspecified atom stereocenters. The molecule has 39 heavy (non-hydrogen) atoms. The number of nitrogens with zero attached hydrogens (tertiary/aromatic N) is 3. The van der Waals surface area contributed by atoms with Crippen LogP contribution in [0.4, 0.5) is 10.1 Å². The number of halogens is 2. The molecule has 0 aromatic heterocycles. The maximum atomic E-state index is 14.8. The molecule has 0 saturated carbocycles. The summed E-state index contributed by atoms with van der Waals surface area (Å²) in [5.41, 5.74) is 1.32. The van der Waals surface area contributed by atoms with E-state index in [1.807, 2.05) is 44.2 Å². The van der Waals surface area contributed by atoms with Crippen molar-refractivity contribution < 1.29 is 35.6 Å². The van der Waals surface area contributed by atoms with E-state index in [1.165, 1.54) is 12.1 Å². The number of carbonyl (C=O) groups is 2. The predicted molar refractivity (Wildman–Crippen MR) is 148 cm³/mol. The number of benzene rings is 3. The van der Waals surface area contributed by atoms with Crippen molar-refractivity contribution in [1.29, 1.82) is 0 Å². The van der Waals surface area contributed by atoms with Crippen LogP contribution in [0.25, 0.3) is 5.32 Å². The van der Waals surface area contributed by atoms with Crippen molar-refractivity contribution >= 4 is 34.9 Å². The fraction of sp³-hybridized carbons (Fsp3) is 0.300. The molecule has 1 aliphatic heterocycles. The van der Waals surface area contributed by atoms with Crippen LogP contribution in [0.2, 0.25) is 5.02 Å². The number of likely N-dealkylation sites (tertiary alicyclic amines) is 1. The molecule has 3 aromatic rings. The summed E-state index contributed by atoms with van der Waals surface area (Å²) < 4.78 is 14.8. The summed E-state index contributed by atoms with van der Waals surface area (Å²) in [7, 11) is 0. The molecule has 208 valence electrons. The first kappa shape index (κ1) is 30.5. The summed E-state index contributed by atoms with van der Waals surface area (Å²) in [5, 5.41) is 14.6. The van der Waals surface area contributed by atoms with Crippen LogP contribution in [0.15, 0.2) is 77.8 Å². The molecule has 0 bridgehead atoms. The second kappa shape index (κ2) is 13.3. The largest absolute Gasteiger partial charge is 0.625 e. The number of carboxylic acid groups (broad SMARTS) is 1. The van der Waals surface area contributed by atoms with Gasteiger partial charge in [0.1, 0.15) is 5.82 Å². The van der Waals surface area contributed by atoms with Crippen molar-refractivity contribution in [1.82, 2.24) is 4.90 Å². The maximum Gasteiger partial charge on any atom is 0.305 e. The third-order valence-corrected chi connectivity index (χ3v) is 7.27. The van der Waals surface area contributed by atoms with Gasteiger partial charge in [-0.15, -0.1) is 5.69 Å². The summed E-state index contributed by atoms with van der Waals surface area (Å²) >= 11 is 6.40. The topological polar surface area (TPSA) is 84.1 Å². The number of carbonyl (C=O) groups excluding carboxylic acids is 1. The van der Waals surface area contributed by atoms with E-state index in [0.717, 1.165) is 19.5 Å². The molecule has 0 spiro atoms. The Morgan fingerprint density at radius 1 is 1.13 bits per heavy atom. The van der Waals surface area contributed by atoms with Crippen LogP contribution in [0.1, 0.15) is 55.8 Å². The van der Waals surface area contributed by atoms with E-state index >= 15 is 0 Å². The second-order valence-electron chi connectivity index (χ2n) is 9.51. The van der Waals surface area contributed by atoms with Crippen molar-refractivity contribution in [3.63, 3.8) is 0 Å². The monoisotopic (exact) mass is 592 g/mol. The number of aliphatic imine (C=N–C) groups is 1. The van der Waals surface area contributed by atoms with Gasteiger partial charge in [0.05, 0.1) is 29.6 Å². The van der Waals surface area contributed by atoms with E-state index in [0.29, 0.717) is 34.0 Å². The zero-order chi connectivity index (χ0) is 27.3. The molecular weight excluding hydrogens is 563 g/mol. The van der Waals surface area contributed by atoms with Crippen LogP contribution in [-0.2, 0) is 26.1 Å². The number of amides is 1. The smallest absolute Gasteiger partial charge is 0.305 e. The molecule has 1 amide bonds. The Bertz CT molecular complexity index is 1350. The van der Waals surface area contributed by atoms with E-state index in [1.54, 1.807) is 30.3 Å². The zero-order valence-electron chi connectivity index (χ0n) is 21.7. The van der Waals surface area contributed by atoms with Gasteiger partial charge in [0.25, 0.3) is 0 Å². The Morgan fingerprint density at radius 3 is 2.49 bits per heavy atom. The summed E-state index contributed by atoms with van der Waals surface area (Å²) in [4.78, 5) is 32.2. The molecule has 1 aliphatic rings. The SMILES string of the molecule is CCN1CCC[C@]1(C)C(=O)[N-]c1ccc(Cl)cc1C(=N[C@@H](CC(=O)O)c1ccccc1F)c1ccccc1.[Ni]. The van der Waals surface area contributed by atoms with Gasteiger partial charge in [-0.3, -0.25) is 14.7 Å². The van der Waals surface area contributed by atoms with Crippen LogP contribution in [0, 0.1) is 5.82 Å². The first-order valence-electron chi connectivity index (χ1n) is 12.6. The Labute approximate surface area is 243 Å². The van der Waals surface area contributed by atoms with Crippen molar-refractivity contribution in [3.8, 4) is 0 Å². The average molecular weight is 594 g/mol. The zero-order valence-corrected chi connectivity index (χ0v) is 23.5. The van der Waals surface area contributed by atoms with Crippen LogP contribution >= 0.6 is 11.6 Å². The standard InChI is InChI=1S/C30H31ClFN3O3.Ni/c1-3-35-17-9-16-30(35,2)29(38)34-25-15-14-21(31)18-23(25)28(20-10-5-4-6-11-20)33-26(19-27(36)37)22-12-7-8-13-24(22)32;/h4-8,10-15,18,26H,3,9,16-17,19H2,1-2H3,(H2,33,34,36,37,38);/p-1/t26-,30+;/m0./s1. The van der Waals surface area contributed by atoms with Crippen LogP contribution in [0.5, 0.6) is 0 Å². The van der Waals surface area contributed by atoms with Crippen molar-refractivity contribution in [2.24, 2.45) is 4.99 Å². The van der Waals surface area contributed by atoms with Gasteiger partial charge < -0.3 is 15.2 Å². The van der Waals surface area contributed by atoms with Gasteiger partial charge in [0.2, 0.25) is 0 Å². The normalized spacial score (nSPS) is 18.3. The second-order valence-corrected chi connectivity index (χ2v) is 9.95. The van der Waals surface area contributed by atoms with Crippen LogP contribution < -0.4 is 0 Å². The molecule has 3 aromatic carbocycles. The van der Waals surface area contributed by atoms with E-state index in [2.05, 4.69) is 10.2 Å². The summed E-state index contributed by atoms with van der Waals surface area (Å²) in [6.07, 6.45) is 1.20. The minimum Gasteiger partial charge on any atom is -0.625 e. The summed E-state index contributed by atoms with van der Waals surface area (Å²) in [5.74, 6) is -1.92. The molecule has 1 saturated heterocycles. The Balaban J connectivity index is 0.00000420.